The van der Waals surface area contributed by atoms with Crippen LogP contribution in [0.25, 0.3) is 0 Å². The van der Waals surface area contributed by atoms with Gasteiger partial charge in [0.2, 0.25) is 5.91 Å². The lowest BCUT2D eigenvalue weighted by atomic mass is 9.87. The van der Waals surface area contributed by atoms with Gasteiger partial charge in [0.25, 0.3) is 5.91 Å². The first-order valence-electron chi connectivity index (χ1n) is 10.2. The average molecular weight is 418 g/mol. The Morgan fingerprint density at radius 2 is 1.74 bits per heavy atom. The predicted molar refractivity (Wildman–Crippen MR) is 116 cm³/mol. The molecule has 0 fully saturated rings. The number of halogens is 1. The summed E-state index contributed by atoms with van der Waals surface area (Å²) in [5, 5.41) is 11.4. The molecule has 1 aliphatic rings. The van der Waals surface area contributed by atoms with E-state index in [0.717, 1.165) is 11.6 Å². The Morgan fingerprint density at radius 1 is 1.03 bits per heavy atom. The van der Waals surface area contributed by atoms with Gasteiger partial charge in [0.1, 0.15) is 12.4 Å². The highest BCUT2D eigenvalue weighted by atomic mass is 19.1. The van der Waals surface area contributed by atoms with E-state index in [0.29, 0.717) is 24.3 Å². The second-order valence-electron chi connectivity index (χ2n) is 7.52. The summed E-state index contributed by atoms with van der Waals surface area (Å²) in [6, 6.07) is 21.7. The summed E-state index contributed by atoms with van der Waals surface area (Å²) in [7, 11) is 0. The van der Waals surface area contributed by atoms with Crippen LogP contribution in [-0.4, -0.2) is 34.9 Å². The monoisotopic (exact) mass is 418 g/mol. The van der Waals surface area contributed by atoms with Crippen molar-refractivity contribution in [3.63, 3.8) is 0 Å². The second kappa shape index (κ2) is 8.32. The van der Waals surface area contributed by atoms with Crippen molar-refractivity contribution in [3.8, 4) is 0 Å². The van der Waals surface area contributed by atoms with E-state index in [-0.39, 0.29) is 18.0 Å². The number of amides is 2. The number of hydrogen-bond acceptors (Lipinski definition) is 3. The zero-order chi connectivity index (χ0) is 22.0. The molecule has 0 saturated carbocycles. The number of likely N-dealkylation sites (N-methyl/N-ethyl adjacent to an activating group) is 1. The lowest BCUT2D eigenvalue weighted by Crippen LogP contribution is -2.46. The molecule has 3 aromatic carbocycles. The van der Waals surface area contributed by atoms with Crippen LogP contribution in [0.3, 0.4) is 0 Å². The van der Waals surface area contributed by atoms with Gasteiger partial charge < -0.3 is 10.0 Å². The van der Waals surface area contributed by atoms with Gasteiger partial charge in [0, 0.05) is 24.2 Å². The lowest BCUT2D eigenvalue weighted by Gasteiger charge is -2.26. The van der Waals surface area contributed by atoms with Crippen molar-refractivity contribution in [1.29, 1.82) is 0 Å². The number of carbonyl (C=O) groups excluding carboxylic acids is 2. The molecule has 158 valence electrons. The van der Waals surface area contributed by atoms with Gasteiger partial charge in [-0.2, -0.15) is 0 Å². The van der Waals surface area contributed by atoms with Crippen molar-refractivity contribution < 1.29 is 19.1 Å². The van der Waals surface area contributed by atoms with Gasteiger partial charge in [-0.05, 0) is 30.7 Å². The second-order valence-corrected chi connectivity index (χ2v) is 7.52. The van der Waals surface area contributed by atoms with E-state index < -0.39 is 17.3 Å². The van der Waals surface area contributed by atoms with Crippen LogP contribution in [0.2, 0.25) is 0 Å². The van der Waals surface area contributed by atoms with Gasteiger partial charge in [-0.3, -0.25) is 14.5 Å². The molecule has 4 rings (SSSR count). The Morgan fingerprint density at radius 3 is 2.45 bits per heavy atom. The normalized spacial score (nSPS) is 17.5. The van der Waals surface area contributed by atoms with E-state index in [1.165, 1.54) is 23.1 Å². The number of aliphatic hydroxyl groups is 1. The number of hydrogen-bond donors (Lipinski definition) is 1. The third kappa shape index (κ3) is 3.70. The number of fused-ring (bicyclic) bond motifs is 1. The Kier molecular flexibility index (Phi) is 5.57. The van der Waals surface area contributed by atoms with Crippen LogP contribution in [0.1, 0.15) is 23.6 Å². The molecule has 6 heteroatoms. The largest absolute Gasteiger partial charge is 0.372 e. The minimum Gasteiger partial charge on any atom is -0.372 e. The highest BCUT2D eigenvalue weighted by Gasteiger charge is 2.51. The fraction of sp³-hybridized carbons (Fsp3) is 0.200. The maximum absolute atomic E-state index is 13.9. The van der Waals surface area contributed by atoms with Gasteiger partial charge >= 0.3 is 0 Å². The van der Waals surface area contributed by atoms with Crippen molar-refractivity contribution in [3.05, 3.63) is 101 Å². The minimum absolute atomic E-state index is 0.136. The molecule has 2 amide bonds. The molecular weight excluding hydrogens is 395 g/mol. The zero-order valence-corrected chi connectivity index (χ0v) is 17.2. The van der Waals surface area contributed by atoms with Gasteiger partial charge in [0.15, 0.2) is 5.60 Å². The molecule has 1 N–H and O–H groups in total. The van der Waals surface area contributed by atoms with Crippen molar-refractivity contribution in [2.24, 2.45) is 0 Å². The van der Waals surface area contributed by atoms with Crippen molar-refractivity contribution in [1.82, 2.24) is 4.90 Å². The van der Waals surface area contributed by atoms with Crippen molar-refractivity contribution >= 4 is 17.5 Å². The molecule has 0 radical (unpaired) electrons. The van der Waals surface area contributed by atoms with E-state index in [1.807, 2.05) is 37.3 Å². The highest BCUT2D eigenvalue weighted by molar-refractivity contribution is 6.11. The number of carbonyl (C=O) groups is 2. The molecule has 5 nitrogen and oxygen atoms in total. The first-order chi connectivity index (χ1) is 14.9. The summed E-state index contributed by atoms with van der Waals surface area (Å²) in [5.74, 6) is -1.45. The third-order valence-corrected chi connectivity index (χ3v) is 5.63. The maximum atomic E-state index is 13.9. The third-order valence-electron chi connectivity index (χ3n) is 5.63. The van der Waals surface area contributed by atoms with Crippen LogP contribution in [0.4, 0.5) is 10.1 Å². The fourth-order valence-electron chi connectivity index (χ4n) is 4.00. The number of para-hydroxylation sites is 1. The van der Waals surface area contributed by atoms with E-state index >= 15 is 0 Å². The molecule has 0 bridgehead atoms. The van der Waals surface area contributed by atoms with Crippen LogP contribution >= 0.6 is 0 Å². The van der Waals surface area contributed by atoms with Crippen LogP contribution in [0, 0.1) is 5.82 Å². The summed E-state index contributed by atoms with van der Waals surface area (Å²) < 4.78 is 13.9. The first kappa shape index (κ1) is 20.8. The molecule has 31 heavy (non-hydrogen) atoms. The molecular formula is C25H23FN2O3. The highest BCUT2D eigenvalue weighted by Crippen LogP contribution is 2.44. The molecule has 0 aromatic heterocycles. The van der Waals surface area contributed by atoms with Gasteiger partial charge in [0.05, 0.1) is 5.69 Å². The van der Waals surface area contributed by atoms with Crippen LogP contribution in [0.5, 0.6) is 0 Å². The summed E-state index contributed by atoms with van der Waals surface area (Å²) in [5.41, 5.74) is -0.137. The van der Waals surface area contributed by atoms with Crippen LogP contribution in [-0.2, 0) is 21.7 Å². The van der Waals surface area contributed by atoms with Crippen molar-refractivity contribution in [2.75, 3.05) is 18.0 Å². The first-order valence-corrected chi connectivity index (χ1v) is 10.2. The number of rotatable bonds is 6. The van der Waals surface area contributed by atoms with Gasteiger partial charge in [-0.15, -0.1) is 0 Å². The summed E-state index contributed by atoms with van der Waals surface area (Å²) in [6.45, 7) is 2.57. The summed E-state index contributed by atoms with van der Waals surface area (Å²) in [6.07, 6.45) is 0. The van der Waals surface area contributed by atoms with Crippen molar-refractivity contribution in [2.45, 2.75) is 19.1 Å². The van der Waals surface area contributed by atoms with Crippen LogP contribution in [0.15, 0.2) is 78.9 Å². The molecule has 0 spiro atoms. The molecule has 3 aromatic rings. The Balaban J connectivity index is 1.65. The van der Waals surface area contributed by atoms with Gasteiger partial charge in [-0.1, -0.05) is 60.7 Å². The Bertz CT molecular complexity index is 1120. The smallest absolute Gasteiger partial charge is 0.268 e. The SMILES string of the molecule is CCN(Cc1ccccc1)C(=O)CN1C(=O)C(O)(c2cccc(F)c2)c2ccccc21. The molecule has 1 heterocycles. The fourth-order valence-corrected chi connectivity index (χ4v) is 4.00. The quantitative estimate of drug-likeness (QED) is 0.667. The maximum Gasteiger partial charge on any atom is 0.268 e. The number of benzene rings is 3. The summed E-state index contributed by atoms with van der Waals surface area (Å²) in [4.78, 5) is 29.4. The topological polar surface area (TPSA) is 60.9 Å². The Hall–Kier alpha value is -3.51. The average Bonchev–Trinajstić information content (AvgIpc) is 3.01. The summed E-state index contributed by atoms with van der Waals surface area (Å²) >= 11 is 0. The zero-order valence-electron chi connectivity index (χ0n) is 17.2. The van der Waals surface area contributed by atoms with E-state index in [1.54, 1.807) is 29.2 Å². The van der Waals surface area contributed by atoms with E-state index in [2.05, 4.69) is 0 Å². The molecule has 0 aliphatic carbocycles. The molecule has 1 aliphatic heterocycles. The lowest BCUT2D eigenvalue weighted by molar-refractivity contribution is -0.136. The Labute approximate surface area is 180 Å². The number of anilines is 1. The molecule has 1 atom stereocenters. The van der Waals surface area contributed by atoms with Gasteiger partial charge in [-0.25, -0.2) is 4.39 Å². The van der Waals surface area contributed by atoms with Crippen LogP contribution < -0.4 is 4.90 Å². The van der Waals surface area contributed by atoms with E-state index in [4.69, 9.17) is 0 Å². The number of nitrogens with zero attached hydrogens (tertiary/aromatic N) is 2. The molecule has 1 unspecified atom stereocenters. The predicted octanol–water partition coefficient (Wildman–Crippen LogP) is 3.46. The molecule has 0 saturated heterocycles. The minimum atomic E-state index is -2.05. The standard InChI is InChI=1S/C25H23FN2O3/c1-2-27(16-18-9-4-3-5-10-18)23(29)17-28-22-14-7-6-13-21(22)25(31,24(28)30)19-11-8-12-20(26)15-19/h3-15,31H,2,16-17H2,1H3. The van der Waals surface area contributed by atoms with E-state index in [9.17, 15) is 19.1 Å².